The van der Waals surface area contributed by atoms with Crippen molar-refractivity contribution >= 4 is 5.91 Å². The number of amides is 1. The SMILES string of the molecule is O=C(C=CC=CCCc1ccc2c(c1)OCO2)N1CCCC1. The summed E-state index contributed by atoms with van der Waals surface area (Å²) < 4.78 is 10.7. The average molecular weight is 299 g/mol. The molecule has 0 bridgehead atoms. The van der Waals surface area contributed by atoms with Crippen LogP contribution >= 0.6 is 0 Å². The fraction of sp³-hybridized carbons (Fsp3) is 0.389. The molecule has 4 heteroatoms. The van der Waals surface area contributed by atoms with E-state index in [0.717, 1.165) is 50.3 Å². The fourth-order valence-electron chi connectivity index (χ4n) is 2.70. The molecule has 4 nitrogen and oxygen atoms in total. The summed E-state index contributed by atoms with van der Waals surface area (Å²) in [4.78, 5) is 13.7. The topological polar surface area (TPSA) is 38.8 Å². The Bertz CT molecular complexity index is 586. The summed E-state index contributed by atoms with van der Waals surface area (Å²) in [5.74, 6) is 1.78. The van der Waals surface area contributed by atoms with Gasteiger partial charge in [-0.2, -0.15) is 0 Å². The monoisotopic (exact) mass is 299 g/mol. The van der Waals surface area contributed by atoms with Gasteiger partial charge in [-0.05, 0) is 43.4 Å². The van der Waals surface area contributed by atoms with E-state index in [1.165, 1.54) is 5.56 Å². The number of ether oxygens (including phenoxy) is 2. The predicted molar refractivity (Wildman–Crippen MR) is 85.0 cm³/mol. The van der Waals surface area contributed by atoms with Crippen molar-refractivity contribution in [3.05, 3.63) is 48.1 Å². The second-order valence-electron chi connectivity index (χ2n) is 5.55. The first kappa shape index (κ1) is 14.7. The first-order valence-corrected chi connectivity index (χ1v) is 7.83. The zero-order chi connectivity index (χ0) is 15.2. The number of benzene rings is 1. The zero-order valence-electron chi connectivity index (χ0n) is 12.7. The summed E-state index contributed by atoms with van der Waals surface area (Å²) in [6, 6.07) is 6.05. The van der Waals surface area contributed by atoms with E-state index >= 15 is 0 Å². The van der Waals surface area contributed by atoms with E-state index in [-0.39, 0.29) is 5.91 Å². The normalized spacial score (nSPS) is 17.0. The van der Waals surface area contributed by atoms with Crippen molar-refractivity contribution in [1.29, 1.82) is 0 Å². The summed E-state index contributed by atoms with van der Waals surface area (Å²) >= 11 is 0. The van der Waals surface area contributed by atoms with Crippen LogP contribution in [0.2, 0.25) is 0 Å². The molecule has 0 unspecified atom stereocenters. The Morgan fingerprint density at radius 3 is 2.82 bits per heavy atom. The van der Waals surface area contributed by atoms with Crippen LogP contribution in [0.25, 0.3) is 0 Å². The predicted octanol–water partition coefficient (Wildman–Crippen LogP) is 3.08. The molecule has 1 aromatic carbocycles. The van der Waals surface area contributed by atoms with E-state index in [0.29, 0.717) is 6.79 Å². The maximum atomic E-state index is 11.8. The molecule has 2 aliphatic heterocycles. The largest absolute Gasteiger partial charge is 0.454 e. The van der Waals surface area contributed by atoms with Crippen LogP contribution in [-0.4, -0.2) is 30.7 Å². The molecule has 2 heterocycles. The Labute approximate surface area is 131 Å². The lowest BCUT2D eigenvalue weighted by atomic mass is 10.1. The van der Waals surface area contributed by atoms with Crippen molar-refractivity contribution in [2.45, 2.75) is 25.7 Å². The zero-order valence-corrected chi connectivity index (χ0v) is 12.7. The van der Waals surface area contributed by atoms with Gasteiger partial charge in [-0.25, -0.2) is 0 Å². The lowest BCUT2D eigenvalue weighted by molar-refractivity contribution is -0.124. The Morgan fingerprint density at radius 2 is 1.95 bits per heavy atom. The lowest BCUT2D eigenvalue weighted by Gasteiger charge is -2.11. The maximum Gasteiger partial charge on any atom is 0.246 e. The van der Waals surface area contributed by atoms with Gasteiger partial charge in [0.25, 0.3) is 0 Å². The van der Waals surface area contributed by atoms with Crippen LogP contribution in [0, 0.1) is 0 Å². The van der Waals surface area contributed by atoms with Crippen molar-refractivity contribution in [3.8, 4) is 11.5 Å². The van der Waals surface area contributed by atoms with E-state index in [9.17, 15) is 4.79 Å². The van der Waals surface area contributed by atoms with Crippen molar-refractivity contribution in [3.63, 3.8) is 0 Å². The van der Waals surface area contributed by atoms with Gasteiger partial charge in [0, 0.05) is 19.2 Å². The molecule has 1 fully saturated rings. The van der Waals surface area contributed by atoms with Gasteiger partial charge in [0.15, 0.2) is 11.5 Å². The Morgan fingerprint density at radius 1 is 1.14 bits per heavy atom. The highest BCUT2D eigenvalue weighted by atomic mass is 16.7. The number of nitrogens with zero attached hydrogens (tertiary/aromatic N) is 1. The van der Waals surface area contributed by atoms with Crippen LogP contribution in [0.15, 0.2) is 42.5 Å². The second-order valence-corrected chi connectivity index (χ2v) is 5.55. The number of hydrogen-bond acceptors (Lipinski definition) is 3. The Hall–Kier alpha value is -2.23. The molecule has 22 heavy (non-hydrogen) atoms. The van der Waals surface area contributed by atoms with Crippen molar-refractivity contribution in [1.82, 2.24) is 4.90 Å². The van der Waals surface area contributed by atoms with Gasteiger partial charge in [-0.3, -0.25) is 4.79 Å². The highest BCUT2D eigenvalue weighted by Crippen LogP contribution is 2.32. The van der Waals surface area contributed by atoms with Gasteiger partial charge < -0.3 is 14.4 Å². The molecule has 0 N–H and O–H groups in total. The smallest absolute Gasteiger partial charge is 0.246 e. The van der Waals surface area contributed by atoms with Gasteiger partial charge in [0.1, 0.15) is 0 Å². The van der Waals surface area contributed by atoms with Crippen LogP contribution in [0.5, 0.6) is 11.5 Å². The number of allylic oxidation sites excluding steroid dienone is 3. The Kier molecular flexibility index (Phi) is 4.78. The van der Waals surface area contributed by atoms with Gasteiger partial charge in [-0.15, -0.1) is 0 Å². The average Bonchev–Trinajstić information content (AvgIpc) is 3.20. The number of fused-ring (bicyclic) bond motifs is 1. The highest BCUT2D eigenvalue weighted by Gasteiger charge is 2.14. The highest BCUT2D eigenvalue weighted by molar-refractivity contribution is 5.88. The van der Waals surface area contributed by atoms with Crippen LogP contribution in [0.4, 0.5) is 0 Å². The molecule has 1 amide bonds. The number of rotatable bonds is 5. The molecule has 0 radical (unpaired) electrons. The summed E-state index contributed by atoms with van der Waals surface area (Å²) in [6.07, 6.45) is 11.7. The molecule has 0 aromatic heterocycles. The molecule has 0 atom stereocenters. The standard InChI is InChI=1S/C18H21NO3/c20-18(19-11-5-6-12-19)8-4-2-1-3-7-15-9-10-16-17(13-15)22-14-21-16/h1-2,4,8-10,13H,3,5-7,11-12,14H2. The second kappa shape index (κ2) is 7.16. The van der Waals surface area contributed by atoms with Crippen molar-refractivity contribution in [2.75, 3.05) is 19.9 Å². The first-order valence-electron chi connectivity index (χ1n) is 7.83. The molecule has 0 saturated carbocycles. The van der Waals surface area contributed by atoms with E-state index < -0.39 is 0 Å². The minimum atomic E-state index is 0.123. The van der Waals surface area contributed by atoms with E-state index in [1.54, 1.807) is 6.08 Å². The van der Waals surface area contributed by atoms with Gasteiger partial charge in [-0.1, -0.05) is 24.3 Å². The summed E-state index contributed by atoms with van der Waals surface area (Å²) in [5, 5.41) is 0. The number of hydrogen-bond donors (Lipinski definition) is 0. The molecule has 2 aliphatic rings. The molecule has 1 saturated heterocycles. The summed E-state index contributed by atoms with van der Waals surface area (Å²) in [7, 11) is 0. The maximum absolute atomic E-state index is 11.8. The third-order valence-electron chi connectivity index (χ3n) is 3.94. The molecule has 3 rings (SSSR count). The van der Waals surface area contributed by atoms with Crippen LogP contribution in [0.1, 0.15) is 24.8 Å². The molecular formula is C18H21NO3. The first-order chi connectivity index (χ1) is 10.8. The molecule has 1 aromatic rings. The van der Waals surface area contributed by atoms with E-state index in [1.807, 2.05) is 29.2 Å². The van der Waals surface area contributed by atoms with Crippen LogP contribution < -0.4 is 9.47 Å². The van der Waals surface area contributed by atoms with Crippen LogP contribution in [0.3, 0.4) is 0 Å². The van der Waals surface area contributed by atoms with Crippen molar-refractivity contribution < 1.29 is 14.3 Å². The summed E-state index contributed by atoms with van der Waals surface area (Å²) in [6.45, 7) is 2.11. The quantitative estimate of drug-likeness (QED) is 0.619. The Balaban J connectivity index is 1.41. The third-order valence-corrected chi connectivity index (χ3v) is 3.94. The fourth-order valence-corrected chi connectivity index (χ4v) is 2.70. The van der Waals surface area contributed by atoms with Crippen LogP contribution in [-0.2, 0) is 11.2 Å². The van der Waals surface area contributed by atoms with Gasteiger partial charge in [0.05, 0.1) is 0 Å². The number of carbonyl (C=O) groups excluding carboxylic acids is 1. The van der Waals surface area contributed by atoms with Gasteiger partial charge in [0.2, 0.25) is 12.7 Å². The molecule has 116 valence electrons. The van der Waals surface area contributed by atoms with Crippen molar-refractivity contribution in [2.24, 2.45) is 0 Å². The molecular weight excluding hydrogens is 278 g/mol. The number of likely N-dealkylation sites (tertiary alicyclic amines) is 1. The third kappa shape index (κ3) is 3.70. The van der Waals surface area contributed by atoms with E-state index in [2.05, 4.69) is 12.1 Å². The number of carbonyl (C=O) groups is 1. The molecule has 0 spiro atoms. The van der Waals surface area contributed by atoms with Gasteiger partial charge >= 0.3 is 0 Å². The number of aryl methyl sites for hydroxylation is 1. The minimum Gasteiger partial charge on any atom is -0.454 e. The lowest BCUT2D eigenvalue weighted by Crippen LogP contribution is -2.25. The van der Waals surface area contributed by atoms with E-state index in [4.69, 9.17) is 9.47 Å². The summed E-state index contributed by atoms with van der Waals surface area (Å²) in [5.41, 5.74) is 1.23. The minimum absolute atomic E-state index is 0.123. The molecule has 0 aliphatic carbocycles.